The van der Waals surface area contributed by atoms with Crippen molar-refractivity contribution in [2.24, 2.45) is 0 Å². The Kier molecular flexibility index (Phi) is 2.98. The summed E-state index contributed by atoms with van der Waals surface area (Å²) in [5, 5.41) is 8.54. The molecule has 2 aromatic heterocycles. The highest BCUT2D eigenvalue weighted by Crippen LogP contribution is 2.29. The lowest BCUT2D eigenvalue weighted by Gasteiger charge is -2.03. The number of thiazole rings is 1. The van der Waals surface area contributed by atoms with E-state index in [4.69, 9.17) is 0 Å². The van der Waals surface area contributed by atoms with Gasteiger partial charge in [-0.1, -0.05) is 23.5 Å². The number of fused-ring (bicyclic) bond motifs is 1. The minimum absolute atomic E-state index is 0.369. The third kappa shape index (κ3) is 2.33. The summed E-state index contributed by atoms with van der Waals surface area (Å²) in [4.78, 5) is 4.63. The molecular formula is C14H16N4S. The van der Waals surface area contributed by atoms with Crippen LogP contribution in [0.5, 0.6) is 0 Å². The molecule has 0 unspecified atom stereocenters. The van der Waals surface area contributed by atoms with Crippen LogP contribution in [0.1, 0.15) is 25.5 Å². The van der Waals surface area contributed by atoms with E-state index in [-0.39, 0.29) is 0 Å². The first-order valence-electron chi connectivity index (χ1n) is 6.31. The van der Waals surface area contributed by atoms with Crippen molar-refractivity contribution in [2.75, 3.05) is 5.32 Å². The average Bonchev–Trinajstić information content (AvgIpc) is 2.96. The van der Waals surface area contributed by atoms with Gasteiger partial charge in [0.1, 0.15) is 0 Å². The molecule has 0 radical (unpaired) electrons. The molecule has 1 aromatic carbocycles. The molecule has 0 aliphatic heterocycles. The van der Waals surface area contributed by atoms with Crippen molar-refractivity contribution in [2.45, 2.75) is 26.8 Å². The van der Waals surface area contributed by atoms with Gasteiger partial charge in [-0.15, -0.1) is 0 Å². The number of nitrogens with one attached hydrogen (secondary N) is 1. The molecule has 1 N–H and O–H groups in total. The van der Waals surface area contributed by atoms with Crippen LogP contribution in [0.15, 0.2) is 30.6 Å². The molecule has 0 spiro atoms. The zero-order valence-corrected chi connectivity index (χ0v) is 12.0. The molecule has 0 saturated carbocycles. The van der Waals surface area contributed by atoms with Gasteiger partial charge in [0.25, 0.3) is 0 Å². The first-order valence-corrected chi connectivity index (χ1v) is 7.12. The fourth-order valence-corrected chi connectivity index (χ4v) is 2.91. The fraction of sp³-hybridized carbons (Fsp3) is 0.286. The van der Waals surface area contributed by atoms with Gasteiger partial charge in [-0.3, -0.25) is 4.68 Å². The number of anilines is 2. The minimum atomic E-state index is 0.369. The van der Waals surface area contributed by atoms with E-state index in [1.54, 1.807) is 11.3 Å². The zero-order valence-electron chi connectivity index (χ0n) is 11.2. The maximum atomic E-state index is 4.63. The summed E-state index contributed by atoms with van der Waals surface area (Å²) in [6.07, 6.45) is 3.84. The summed E-state index contributed by atoms with van der Waals surface area (Å²) in [6, 6.07) is 6.62. The van der Waals surface area contributed by atoms with E-state index in [1.165, 1.54) is 10.3 Å². The van der Waals surface area contributed by atoms with E-state index < -0.39 is 0 Å². The summed E-state index contributed by atoms with van der Waals surface area (Å²) in [5.41, 5.74) is 3.26. The second kappa shape index (κ2) is 4.66. The van der Waals surface area contributed by atoms with Crippen LogP contribution in [0.3, 0.4) is 0 Å². The van der Waals surface area contributed by atoms with Gasteiger partial charge in [0.2, 0.25) is 0 Å². The first-order chi connectivity index (χ1) is 9.13. The quantitative estimate of drug-likeness (QED) is 0.779. The summed E-state index contributed by atoms with van der Waals surface area (Å²) in [7, 11) is 0. The SMILES string of the molecule is Cc1cccc2sc(Nc3cnn(C(C)C)c3)nc12. The number of aryl methyl sites for hydroxylation is 1. The molecular weight excluding hydrogens is 256 g/mol. The summed E-state index contributed by atoms with van der Waals surface area (Å²) < 4.78 is 3.14. The Balaban J connectivity index is 1.90. The molecule has 0 amide bonds. The van der Waals surface area contributed by atoms with Crippen molar-refractivity contribution in [3.63, 3.8) is 0 Å². The van der Waals surface area contributed by atoms with Gasteiger partial charge >= 0.3 is 0 Å². The second-order valence-corrected chi connectivity index (χ2v) is 5.90. The monoisotopic (exact) mass is 272 g/mol. The second-order valence-electron chi connectivity index (χ2n) is 4.87. The molecule has 5 heteroatoms. The molecule has 2 heterocycles. The molecule has 19 heavy (non-hydrogen) atoms. The highest BCUT2D eigenvalue weighted by atomic mass is 32.1. The number of para-hydroxylation sites is 1. The van der Waals surface area contributed by atoms with Crippen LogP contribution in [-0.4, -0.2) is 14.8 Å². The standard InChI is InChI=1S/C14H16N4S/c1-9(2)18-8-11(7-15-18)16-14-17-13-10(3)5-4-6-12(13)19-14/h4-9H,1-3H3,(H,16,17). The molecule has 0 bridgehead atoms. The van der Waals surface area contributed by atoms with Crippen molar-refractivity contribution >= 4 is 32.4 Å². The van der Waals surface area contributed by atoms with Crippen molar-refractivity contribution < 1.29 is 0 Å². The van der Waals surface area contributed by atoms with Crippen LogP contribution in [0.4, 0.5) is 10.8 Å². The van der Waals surface area contributed by atoms with Gasteiger partial charge in [-0.2, -0.15) is 5.10 Å². The number of hydrogen-bond acceptors (Lipinski definition) is 4. The molecule has 0 fully saturated rings. The number of nitrogens with zero attached hydrogens (tertiary/aromatic N) is 3. The third-order valence-electron chi connectivity index (χ3n) is 3.00. The summed E-state index contributed by atoms with van der Waals surface area (Å²) >= 11 is 1.66. The largest absolute Gasteiger partial charge is 0.329 e. The maximum absolute atomic E-state index is 4.63. The van der Waals surface area contributed by atoms with Gasteiger partial charge in [0, 0.05) is 12.2 Å². The van der Waals surface area contributed by atoms with Gasteiger partial charge in [-0.25, -0.2) is 4.98 Å². The minimum Gasteiger partial charge on any atom is -0.329 e. The Morgan fingerprint density at radius 3 is 2.84 bits per heavy atom. The van der Waals surface area contributed by atoms with E-state index in [9.17, 15) is 0 Å². The smallest absolute Gasteiger partial charge is 0.188 e. The van der Waals surface area contributed by atoms with E-state index in [1.807, 2.05) is 17.1 Å². The summed E-state index contributed by atoms with van der Waals surface area (Å²) in [5.74, 6) is 0. The molecule has 4 nitrogen and oxygen atoms in total. The van der Waals surface area contributed by atoms with Crippen molar-refractivity contribution in [1.29, 1.82) is 0 Å². The highest BCUT2D eigenvalue weighted by molar-refractivity contribution is 7.22. The van der Waals surface area contributed by atoms with Crippen LogP contribution < -0.4 is 5.32 Å². The Morgan fingerprint density at radius 2 is 2.16 bits per heavy atom. The van der Waals surface area contributed by atoms with Gasteiger partial charge < -0.3 is 5.32 Å². The van der Waals surface area contributed by atoms with E-state index >= 15 is 0 Å². The molecule has 98 valence electrons. The Hall–Kier alpha value is -1.88. The van der Waals surface area contributed by atoms with Crippen LogP contribution in [-0.2, 0) is 0 Å². The maximum Gasteiger partial charge on any atom is 0.188 e. The van der Waals surface area contributed by atoms with Crippen molar-refractivity contribution in [1.82, 2.24) is 14.8 Å². The van der Waals surface area contributed by atoms with Crippen molar-refractivity contribution in [3.8, 4) is 0 Å². The predicted molar refractivity (Wildman–Crippen MR) is 80.3 cm³/mol. The average molecular weight is 272 g/mol. The molecule has 0 aliphatic rings. The van der Waals surface area contributed by atoms with Gasteiger partial charge in [-0.05, 0) is 32.4 Å². The van der Waals surface area contributed by atoms with Gasteiger partial charge in [0.15, 0.2) is 5.13 Å². The lowest BCUT2D eigenvalue weighted by Crippen LogP contribution is -1.99. The topological polar surface area (TPSA) is 42.7 Å². The van der Waals surface area contributed by atoms with E-state index in [2.05, 4.69) is 54.4 Å². The van der Waals surface area contributed by atoms with Crippen LogP contribution in [0, 0.1) is 6.92 Å². The number of rotatable bonds is 3. The highest BCUT2D eigenvalue weighted by Gasteiger charge is 2.07. The van der Waals surface area contributed by atoms with Crippen LogP contribution in [0.2, 0.25) is 0 Å². The summed E-state index contributed by atoms with van der Waals surface area (Å²) in [6.45, 7) is 6.30. The zero-order chi connectivity index (χ0) is 13.4. The Bertz CT molecular complexity index is 711. The number of hydrogen-bond donors (Lipinski definition) is 1. The normalized spacial score (nSPS) is 11.4. The molecule has 3 rings (SSSR count). The lowest BCUT2D eigenvalue weighted by atomic mass is 10.2. The van der Waals surface area contributed by atoms with Crippen LogP contribution >= 0.6 is 11.3 Å². The molecule has 0 aliphatic carbocycles. The Morgan fingerprint density at radius 1 is 1.32 bits per heavy atom. The molecule has 3 aromatic rings. The number of benzene rings is 1. The lowest BCUT2D eigenvalue weighted by molar-refractivity contribution is 0.532. The van der Waals surface area contributed by atoms with Gasteiger partial charge in [0.05, 0.1) is 22.1 Å². The van der Waals surface area contributed by atoms with Crippen molar-refractivity contribution in [3.05, 3.63) is 36.2 Å². The predicted octanol–water partition coefficient (Wildman–Crippen LogP) is 4.13. The first kappa shape index (κ1) is 12.2. The third-order valence-corrected chi connectivity index (χ3v) is 3.94. The Labute approximate surface area is 116 Å². The molecule has 0 atom stereocenters. The molecule has 0 saturated heterocycles. The van der Waals surface area contributed by atoms with Crippen LogP contribution in [0.25, 0.3) is 10.2 Å². The number of aromatic nitrogens is 3. The van der Waals surface area contributed by atoms with E-state index in [0.717, 1.165) is 16.3 Å². The van der Waals surface area contributed by atoms with E-state index in [0.29, 0.717) is 6.04 Å². The fourth-order valence-electron chi connectivity index (χ4n) is 1.95.